The monoisotopic (exact) mass is 672 g/mol. The molecule has 0 aliphatic rings. The zero-order chi connectivity index (χ0) is 31.2. The minimum atomic E-state index is -0.103. The van der Waals surface area contributed by atoms with Crippen LogP contribution in [0.5, 0.6) is 0 Å². The van der Waals surface area contributed by atoms with E-state index in [0.29, 0.717) is 32.9 Å². The number of halogens is 2. The molecule has 0 aliphatic heterocycles. The molecule has 45 heavy (non-hydrogen) atoms. The van der Waals surface area contributed by atoms with Gasteiger partial charge in [0.15, 0.2) is 0 Å². The van der Waals surface area contributed by atoms with Gasteiger partial charge in [-0.1, -0.05) is 78.9 Å². The summed E-state index contributed by atoms with van der Waals surface area (Å²) in [7, 11) is 0. The predicted octanol–water partition coefficient (Wildman–Crippen LogP) is 9.66. The number of benzene rings is 2. The van der Waals surface area contributed by atoms with Gasteiger partial charge < -0.3 is 10.6 Å². The number of para-hydroxylation sites is 2. The quantitative estimate of drug-likeness (QED) is 0.127. The maximum Gasteiger partial charge on any atom is 0.252 e. The van der Waals surface area contributed by atoms with E-state index < -0.39 is 0 Å². The number of nitrogens with zero attached hydrogens (tertiary/aromatic N) is 2. The first kappa shape index (κ1) is 31.2. The summed E-state index contributed by atoms with van der Waals surface area (Å²) in [5, 5.41) is 7.83. The topological polar surface area (TPSA) is 84.0 Å². The van der Waals surface area contributed by atoms with E-state index in [1.165, 1.54) is 22.7 Å². The van der Waals surface area contributed by atoms with Crippen LogP contribution in [0.4, 0.5) is 0 Å². The van der Waals surface area contributed by atoms with Crippen LogP contribution in [0.1, 0.15) is 52.8 Å². The van der Waals surface area contributed by atoms with Crippen LogP contribution in [0.3, 0.4) is 0 Å². The molecule has 0 radical (unpaired) electrons. The molecule has 2 amide bonds. The van der Waals surface area contributed by atoms with Crippen molar-refractivity contribution >= 4 is 79.5 Å². The van der Waals surface area contributed by atoms with Crippen LogP contribution in [-0.2, 0) is 0 Å². The van der Waals surface area contributed by atoms with Gasteiger partial charge in [-0.25, -0.2) is 9.97 Å². The Bertz CT molecular complexity index is 1850. The summed E-state index contributed by atoms with van der Waals surface area (Å²) in [6.07, 6.45) is 4.77. The lowest BCUT2D eigenvalue weighted by atomic mass is 10.1. The molecule has 4 aromatic heterocycles. The number of nitrogens with one attached hydrogen (secondary N) is 2. The van der Waals surface area contributed by atoms with Gasteiger partial charge in [0, 0.05) is 23.9 Å². The van der Waals surface area contributed by atoms with E-state index in [2.05, 4.69) is 10.6 Å². The number of aromatic nitrogens is 2. The Hall–Kier alpha value is -3.82. The summed E-state index contributed by atoms with van der Waals surface area (Å²) in [4.78, 5) is 37.7. The average molecular weight is 674 g/mol. The zero-order valence-electron chi connectivity index (χ0n) is 24.3. The summed E-state index contributed by atoms with van der Waals surface area (Å²) in [6, 6.07) is 26.6. The smallest absolute Gasteiger partial charge is 0.252 e. The number of unbranched alkanes of at least 4 members (excludes halogenated alkanes) is 4. The van der Waals surface area contributed by atoms with Crippen molar-refractivity contribution in [3.8, 4) is 21.1 Å². The maximum absolute atomic E-state index is 13.2. The van der Waals surface area contributed by atoms with Crippen molar-refractivity contribution in [1.29, 1.82) is 0 Å². The molecule has 0 saturated carbocycles. The summed E-state index contributed by atoms with van der Waals surface area (Å²) in [5.41, 5.74) is 4.28. The molecule has 2 N–H and O–H groups in total. The summed E-state index contributed by atoms with van der Waals surface area (Å²) < 4.78 is 1.37. The highest BCUT2D eigenvalue weighted by molar-refractivity contribution is 7.19. The fraction of sp³-hybridized carbons (Fsp3) is 0.200. The minimum Gasteiger partial charge on any atom is -0.352 e. The normalized spacial score (nSPS) is 11.2. The SMILES string of the molecule is O=C(NCCCCCCCNC(=O)c1cc(-c2ccc(Cl)s2)nc2ccccc12)c1cc(-c2ccc(Cl)s2)nc2ccccc12. The fourth-order valence-corrected chi connectivity index (χ4v) is 7.26. The Morgan fingerprint density at radius 3 is 1.42 bits per heavy atom. The minimum absolute atomic E-state index is 0.103. The molecule has 0 atom stereocenters. The van der Waals surface area contributed by atoms with Crippen molar-refractivity contribution in [3.63, 3.8) is 0 Å². The van der Waals surface area contributed by atoms with Gasteiger partial charge in [0.25, 0.3) is 11.8 Å². The van der Waals surface area contributed by atoms with Gasteiger partial charge in [-0.3, -0.25) is 9.59 Å². The van der Waals surface area contributed by atoms with Crippen LogP contribution < -0.4 is 10.6 Å². The number of pyridine rings is 2. The van der Waals surface area contributed by atoms with Crippen LogP contribution in [0.25, 0.3) is 42.9 Å². The molecule has 0 saturated heterocycles. The molecule has 6 rings (SSSR count). The second-order valence-electron chi connectivity index (χ2n) is 10.6. The molecule has 2 aromatic carbocycles. The van der Waals surface area contributed by atoms with E-state index in [9.17, 15) is 9.59 Å². The van der Waals surface area contributed by atoms with Gasteiger partial charge in [-0.2, -0.15) is 0 Å². The summed E-state index contributed by atoms with van der Waals surface area (Å²) in [6.45, 7) is 1.19. The Labute approximate surface area is 279 Å². The van der Waals surface area contributed by atoms with Crippen molar-refractivity contribution in [2.75, 3.05) is 13.1 Å². The Balaban J connectivity index is 0.960. The molecule has 0 unspecified atom stereocenters. The lowest BCUT2D eigenvalue weighted by molar-refractivity contribution is 0.0947. The predicted molar refractivity (Wildman–Crippen MR) is 188 cm³/mol. The molecule has 228 valence electrons. The third-order valence-electron chi connectivity index (χ3n) is 7.50. The highest BCUT2D eigenvalue weighted by Crippen LogP contribution is 2.33. The molecule has 6 aromatic rings. The first-order valence-electron chi connectivity index (χ1n) is 14.8. The van der Waals surface area contributed by atoms with E-state index in [1.807, 2.05) is 84.9 Å². The van der Waals surface area contributed by atoms with Crippen molar-refractivity contribution < 1.29 is 9.59 Å². The van der Waals surface area contributed by atoms with Crippen LogP contribution in [0, 0.1) is 0 Å². The second-order valence-corrected chi connectivity index (χ2v) is 14.1. The average Bonchev–Trinajstić information content (AvgIpc) is 3.70. The van der Waals surface area contributed by atoms with Crippen molar-refractivity contribution in [3.05, 3.63) is 105 Å². The molecule has 0 bridgehead atoms. The van der Waals surface area contributed by atoms with Gasteiger partial charge in [0.1, 0.15) is 0 Å². The zero-order valence-corrected chi connectivity index (χ0v) is 27.5. The molecule has 6 nitrogen and oxygen atoms in total. The third kappa shape index (κ3) is 7.53. The van der Waals surface area contributed by atoms with E-state index >= 15 is 0 Å². The van der Waals surface area contributed by atoms with Crippen molar-refractivity contribution in [2.24, 2.45) is 0 Å². The first-order chi connectivity index (χ1) is 22.0. The summed E-state index contributed by atoms with van der Waals surface area (Å²) >= 11 is 15.2. The Kier molecular flexibility index (Phi) is 10.1. The second kappa shape index (κ2) is 14.5. The lowest BCUT2D eigenvalue weighted by Gasteiger charge is -2.11. The van der Waals surface area contributed by atoms with E-state index in [1.54, 1.807) is 0 Å². The van der Waals surface area contributed by atoms with Crippen molar-refractivity contribution in [1.82, 2.24) is 20.6 Å². The maximum atomic E-state index is 13.2. The molecule has 10 heteroatoms. The summed E-state index contributed by atoms with van der Waals surface area (Å²) in [5.74, 6) is -0.205. The standard InChI is InChI=1S/C35H30Cl2N4O2S2/c36-32-16-14-30(44-32)28-20-24(22-10-4-6-12-26(22)40-28)34(42)38-18-8-2-1-3-9-19-39-35(43)25-21-29(31-15-17-33(37)45-31)41-27-13-7-5-11-23(25)27/h4-7,10-17,20-21H,1-3,8-9,18-19H2,(H,38,42)(H,39,43). The van der Waals surface area contributed by atoms with Crippen LogP contribution >= 0.6 is 45.9 Å². The van der Waals surface area contributed by atoms with Crippen LogP contribution in [-0.4, -0.2) is 34.9 Å². The first-order valence-corrected chi connectivity index (χ1v) is 17.2. The highest BCUT2D eigenvalue weighted by atomic mass is 35.5. The highest BCUT2D eigenvalue weighted by Gasteiger charge is 2.16. The number of rotatable bonds is 12. The van der Waals surface area contributed by atoms with Crippen LogP contribution in [0.15, 0.2) is 84.9 Å². The van der Waals surface area contributed by atoms with Gasteiger partial charge in [0.05, 0.1) is 52.0 Å². The Morgan fingerprint density at radius 2 is 1.00 bits per heavy atom. The number of hydrogen-bond acceptors (Lipinski definition) is 6. The van der Waals surface area contributed by atoms with Gasteiger partial charge in [0.2, 0.25) is 0 Å². The number of thiophene rings is 2. The number of fused-ring (bicyclic) bond motifs is 2. The molecule has 0 aliphatic carbocycles. The number of amides is 2. The van der Waals surface area contributed by atoms with Gasteiger partial charge in [-0.15, -0.1) is 22.7 Å². The lowest BCUT2D eigenvalue weighted by Crippen LogP contribution is -2.25. The number of carbonyl (C=O) groups is 2. The third-order valence-corrected chi connectivity index (χ3v) is 10.0. The van der Waals surface area contributed by atoms with Gasteiger partial charge in [-0.05, 0) is 61.4 Å². The van der Waals surface area contributed by atoms with E-state index in [4.69, 9.17) is 33.2 Å². The van der Waals surface area contributed by atoms with E-state index in [-0.39, 0.29) is 11.8 Å². The molecule has 0 fully saturated rings. The van der Waals surface area contributed by atoms with Crippen LogP contribution in [0.2, 0.25) is 8.67 Å². The largest absolute Gasteiger partial charge is 0.352 e. The Morgan fingerprint density at radius 1 is 0.578 bits per heavy atom. The fourth-order valence-electron chi connectivity index (χ4n) is 5.26. The number of carbonyl (C=O) groups excluding carboxylic acids is 2. The number of hydrogen-bond donors (Lipinski definition) is 2. The molecular weight excluding hydrogens is 643 g/mol. The molecule has 0 spiro atoms. The molecular formula is C35H30Cl2N4O2S2. The molecule has 4 heterocycles. The van der Waals surface area contributed by atoms with E-state index in [0.717, 1.165) is 75.1 Å². The van der Waals surface area contributed by atoms with Gasteiger partial charge >= 0.3 is 0 Å². The van der Waals surface area contributed by atoms with Crippen molar-refractivity contribution in [2.45, 2.75) is 32.1 Å².